The highest BCUT2D eigenvalue weighted by atomic mass is 32.1. The summed E-state index contributed by atoms with van der Waals surface area (Å²) in [6.07, 6.45) is 0.684. The van der Waals surface area contributed by atoms with Crippen molar-refractivity contribution in [3.05, 3.63) is 50.7 Å². The predicted molar refractivity (Wildman–Crippen MR) is 114 cm³/mol. The predicted octanol–water partition coefficient (Wildman–Crippen LogP) is 4.16. The summed E-state index contributed by atoms with van der Waals surface area (Å²) in [7, 11) is 1.54. The molecule has 1 atom stereocenters. The Morgan fingerprint density at radius 3 is 2.57 bits per heavy atom. The molecule has 1 N–H and O–H groups in total. The van der Waals surface area contributed by atoms with Crippen LogP contribution in [0.25, 0.3) is 0 Å². The number of methoxy groups -OCH3 is 1. The molecule has 1 amide bonds. The lowest BCUT2D eigenvalue weighted by molar-refractivity contribution is -0.129. The van der Waals surface area contributed by atoms with Crippen LogP contribution < -0.4 is 9.47 Å². The minimum absolute atomic E-state index is 0.0754. The number of ether oxygens (including phenoxy) is 2. The van der Waals surface area contributed by atoms with Gasteiger partial charge in [0.15, 0.2) is 17.3 Å². The molecule has 8 heteroatoms. The van der Waals surface area contributed by atoms with E-state index in [2.05, 4.69) is 4.98 Å². The molecule has 160 valence electrons. The first-order valence-electron chi connectivity index (χ1n) is 9.87. The van der Waals surface area contributed by atoms with Crippen molar-refractivity contribution in [1.82, 2.24) is 9.88 Å². The summed E-state index contributed by atoms with van der Waals surface area (Å²) >= 11 is 1.26. The summed E-state index contributed by atoms with van der Waals surface area (Å²) in [5.74, 6) is -0.347. The third kappa shape index (κ3) is 3.79. The lowest BCUT2D eigenvalue weighted by Crippen LogP contribution is -2.31. The number of amides is 1. The van der Waals surface area contributed by atoms with Gasteiger partial charge in [-0.2, -0.15) is 0 Å². The van der Waals surface area contributed by atoms with Crippen LogP contribution in [0.15, 0.2) is 29.5 Å². The molecule has 1 aromatic heterocycles. The van der Waals surface area contributed by atoms with E-state index in [1.165, 1.54) is 23.3 Å². The number of hydrogen-bond donors (Lipinski definition) is 1. The fraction of sp³-hybridized carbons (Fsp3) is 0.409. The van der Waals surface area contributed by atoms with E-state index < -0.39 is 17.7 Å². The molecular weight excluding hydrogens is 404 g/mol. The highest BCUT2D eigenvalue weighted by molar-refractivity contribution is 7.14. The van der Waals surface area contributed by atoms with Gasteiger partial charge in [0, 0.05) is 6.54 Å². The fourth-order valence-electron chi connectivity index (χ4n) is 3.70. The Kier molecular flexibility index (Phi) is 6.45. The van der Waals surface area contributed by atoms with E-state index in [9.17, 15) is 14.7 Å². The number of nitrogens with zero attached hydrogens (tertiary/aromatic N) is 2. The van der Waals surface area contributed by atoms with E-state index in [0.717, 1.165) is 5.01 Å². The number of carbonyl (C=O) groups excluding carboxylic acids is 2. The quantitative estimate of drug-likeness (QED) is 0.633. The molecule has 0 bridgehead atoms. The van der Waals surface area contributed by atoms with Crippen LogP contribution in [0, 0.1) is 13.8 Å². The minimum atomic E-state index is -0.712. The molecule has 3 rings (SSSR count). The Hall–Kier alpha value is -2.87. The molecule has 0 fully saturated rings. The first kappa shape index (κ1) is 21.8. The summed E-state index contributed by atoms with van der Waals surface area (Å²) in [5, 5.41) is 11.4. The molecule has 0 aliphatic carbocycles. The number of aryl methyl sites for hydroxylation is 2. The SMILES string of the molecule is CCCN1C(=O)C(O)=C(C(=O)c2sc(C)nc2C)C1c1ccc(OCC)c(OC)c1. The third-order valence-corrected chi connectivity index (χ3v) is 6.00. The Balaban J connectivity index is 2.13. The van der Waals surface area contributed by atoms with Crippen LogP contribution in [-0.2, 0) is 4.79 Å². The molecule has 7 nitrogen and oxygen atoms in total. The number of aliphatic hydroxyl groups is 1. The summed E-state index contributed by atoms with van der Waals surface area (Å²) in [5.41, 5.74) is 1.34. The first-order chi connectivity index (χ1) is 14.3. The van der Waals surface area contributed by atoms with Gasteiger partial charge < -0.3 is 19.5 Å². The van der Waals surface area contributed by atoms with E-state index in [0.29, 0.717) is 47.2 Å². The van der Waals surface area contributed by atoms with Crippen molar-refractivity contribution in [3.63, 3.8) is 0 Å². The van der Waals surface area contributed by atoms with Gasteiger partial charge in [-0.3, -0.25) is 9.59 Å². The number of aliphatic hydroxyl groups excluding tert-OH is 1. The van der Waals surface area contributed by atoms with Crippen molar-refractivity contribution in [1.29, 1.82) is 0 Å². The van der Waals surface area contributed by atoms with Crippen molar-refractivity contribution >= 4 is 23.0 Å². The third-order valence-electron chi connectivity index (χ3n) is 4.93. The Morgan fingerprint density at radius 1 is 1.27 bits per heavy atom. The van der Waals surface area contributed by atoms with Gasteiger partial charge in [-0.15, -0.1) is 11.3 Å². The van der Waals surface area contributed by atoms with Gasteiger partial charge in [-0.25, -0.2) is 4.98 Å². The monoisotopic (exact) mass is 430 g/mol. The Bertz CT molecular complexity index is 1010. The number of carbonyl (C=O) groups is 2. The maximum Gasteiger partial charge on any atom is 0.290 e. The second kappa shape index (κ2) is 8.87. The molecule has 1 aliphatic heterocycles. The van der Waals surface area contributed by atoms with Crippen LogP contribution in [0.3, 0.4) is 0 Å². The lowest BCUT2D eigenvalue weighted by Gasteiger charge is -2.27. The summed E-state index contributed by atoms with van der Waals surface area (Å²) in [4.78, 5) is 32.5. The maximum absolute atomic E-state index is 13.4. The Morgan fingerprint density at radius 2 is 2.00 bits per heavy atom. The number of hydrogen-bond acceptors (Lipinski definition) is 7. The first-order valence-corrected chi connectivity index (χ1v) is 10.7. The van der Waals surface area contributed by atoms with Gasteiger partial charge in [-0.1, -0.05) is 13.0 Å². The van der Waals surface area contributed by atoms with E-state index >= 15 is 0 Å². The molecular formula is C22H26N2O5S. The standard InChI is InChI=1S/C22H26N2O5S/c1-6-10-24-18(14-8-9-15(29-7-2)16(11-14)28-5)17(20(26)22(24)27)19(25)21-12(3)23-13(4)30-21/h8-9,11,18,26H,6-7,10H2,1-5H3. The van der Waals surface area contributed by atoms with Crippen molar-refractivity contribution in [2.24, 2.45) is 0 Å². The van der Waals surface area contributed by atoms with Crippen LogP contribution in [-0.4, -0.2) is 46.9 Å². The van der Waals surface area contributed by atoms with E-state index in [1.54, 1.807) is 25.1 Å². The smallest absolute Gasteiger partial charge is 0.290 e. The maximum atomic E-state index is 13.4. The topological polar surface area (TPSA) is 89.0 Å². The lowest BCUT2D eigenvalue weighted by atomic mass is 9.94. The average molecular weight is 431 g/mol. The van der Waals surface area contributed by atoms with Crippen molar-refractivity contribution in [2.45, 2.75) is 40.2 Å². The minimum Gasteiger partial charge on any atom is -0.503 e. The van der Waals surface area contributed by atoms with Gasteiger partial charge in [0.1, 0.15) is 0 Å². The number of Topliss-reactive ketones (excluding diaryl/α,β-unsaturated/α-hetero) is 1. The van der Waals surface area contributed by atoms with Crippen LogP contribution in [0.1, 0.15) is 52.2 Å². The number of benzene rings is 1. The molecule has 0 saturated carbocycles. The highest BCUT2D eigenvalue weighted by Crippen LogP contribution is 2.42. The average Bonchev–Trinajstić information content (AvgIpc) is 3.19. The zero-order valence-electron chi connectivity index (χ0n) is 17.8. The van der Waals surface area contributed by atoms with Crippen LogP contribution in [0.5, 0.6) is 11.5 Å². The van der Waals surface area contributed by atoms with Crippen LogP contribution in [0.4, 0.5) is 0 Å². The summed E-state index contributed by atoms with van der Waals surface area (Å²) in [6, 6.07) is 4.59. The second-order valence-corrected chi connectivity index (χ2v) is 8.19. The van der Waals surface area contributed by atoms with Gasteiger partial charge in [0.05, 0.1) is 40.9 Å². The molecule has 0 radical (unpaired) electrons. The summed E-state index contributed by atoms with van der Waals surface area (Å²) in [6.45, 7) is 8.28. The van der Waals surface area contributed by atoms with Crippen molar-refractivity contribution in [2.75, 3.05) is 20.3 Å². The number of rotatable bonds is 8. The van der Waals surface area contributed by atoms with Crippen LogP contribution >= 0.6 is 11.3 Å². The number of aromatic nitrogens is 1. The number of thiazole rings is 1. The van der Waals surface area contributed by atoms with Crippen LogP contribution in [0.2, 0.25) is 0 Å². The molecule has 1 unspecified atom stereocenters. The highest BCUT2D eigenvalue weighted by Gasteiger charge is 2.44. The Labute approximate surface area is 180 Å². The molecule has 0 spiro atoms. The van der Waals surface area contributed by atoms with E-state index in [-0.39, 0.29) is 11.4 Å². The van der Waals surface area contributed by atoms with Crippen molar-refractivity contribution < 1.29 is 24.2 Å². The van der Waals surface area contributed by atoms with Gasteiger partial charge in [-0.05, 0) is 44.9 Å². The second-order valence-electron chi connectivity index (χ2n) is 6.98. The molecule has 1 aliphatic rings. The largest absolute Gasteiger partial charge is 0.503 e. The van der Waals surface area contributed by atoms with Gasteiger partial charge >= 0.3 is 0 Å². The number of ketones is 1. The molecule has 2 aromatic rings. The zero-order valence-corrected chi connectivity index (χ0v) is 18.6. The van der Waals surface area contributed by atoms with E-state index in [1.807, 2.05) is 20.8 Å². The van der Waals surface area contributed by atoms with Gasteiger partial charge in [0.2, 0.25) is 5.78 Å². The molecule has 2 heterocycles. The summed E-state index contributed by atoms with van der Waals surface area (Å²) < 4.78 is 11.0. The normalized spacial score (nSPS) is 16.4. The molecule has 1 aromatic carbocycles. The molecule has 30 heavy (non-hydrogen) atoms. The molecule has 0 saturated heterocycles. The van der Waals surface area contributed by atoms with Gasteiger partial charge in [0.25, 0.3) is 5.91 Å². The zero-order chi connectivity index (χ0) is 22.0. The van der Waals surface area contributed by atoms with E-state index in [4.69, 9.17) is 9.47 Å². The van der Waals surface area contributed by atoms with Crippen molar-refractivity contribution in [3.8, 4) is 11.5 Å². The fourth-order valence-corrected chi connectivity index (χ4v) is 4.57.